The van der Waals surface area contributed by atoms with Gasteiger partial charge in [-0.05, 0) is 37.6 Å². The lowest BCUT2D eigenvalue weighted by atomic mass is 10.1. The Labute approximate surface area is 104 Å². The topological polar surface area (TPSA) is 70.6 Å². The third-order valence-corrected chi connectivity index (χ3v) is 2.73. The molecule has 4 N–H and O–H groups in total. The van der Waals surface area contributed by atoms with Crippen molar-refractivity contribution in [3.05, 3.63) is 28.2 Å². The van der Waals surface area contributed by atoms with Crippen LogP contribution < -0.4 is 11.1 Å². The molecule has 0 radical (unpaired) electrons. The lowest BCUT2D eigenvalue weighted by Gasteiger charge is -2.16. The molecule has 0 saturated carbocycles. The molecule has 0 fully saturated rings. The van der Waals surface area contributed by atoms with Crippen LogP contribution in [-0.2, 0) is 0 Å². The zero-order chi connectivity index (χ0) is 12.1. The van der Waals surface area contributed by atoms with Crippen molar-refractivity contribution in [1.29, 1.82) is 0 Å². The Bertz CT molecular complexity index is 393. The molecular formula is C11H16BrN3O. The van der Waals surface area contributed by atoms with Gasteiger partial charge in [0.1, 0.15) is 5.84 Å². The third kappa shape index (κ3) is 3.73. The predicted octanol–water partition coefficient (Wildman–Crippen LogP) is 2.69. The Morgan fingerprint density at radius 1 is 1.62 bits per heavy atom. The standard InChI is InChI=1S/C11H16BrN3O/c1-7-5-9(12)3-4-10(7)14-8(2)6-11(13)15-16/h3-5,8,14,16H,6H2,1-2H3,(H2,13,15). The molecule has 1 aromatic rings. The van der Waals surface area contributed by atoms with Gasteiger partial charge in [0.25, 0.3) is 0 Å². The first kappa shape index (κ1) is 12.8. The summed E-state index contributed by atoms with van der Waals surface area (Å²) in [6.07, 6.45) is 0.506. The van der Waals surface area contributed by atoms with Crippen LogP contribution in [0.4, 0.5) is 5.69 Å². The van der Waals surface area contributed by atoms with E-state index >= 15 is 0 Å². The lowest BCUT2D eigenvalue weighted by Crippen LogP contribution is -2.24. The third-order valence-electron chi connectivity index (χ3n) is 2.23. The first-order valence-electron chi connectivity index (χ1n) is 5.02. The molecule has 0 aliphatic carbocycles. The number of aryl methyl sites for hydroxylation is 1. The summed E-state index contributed by atoms with van der Waals surface area (Å²) in [5.41, 5.74) is 7.65. The van der Waals surface area contributed by atoms with Gasteiger partial charge in [0, 0.05) is 22.6 Å². The number of halogens is 1. The molecule has 1 rings (SSSR count). The van der Waals surface area contributed by atoms with Crippen LogP contribution in [0.3, 0.4) is 0 Å². The van der Waals surface area contributed by atoms with Crippen LogP contribution in [0.25, 0.3) is 0 Å². The summed E-state index contributed by atoms with van der Waals surface area (Å²) in [7, 11) is 0. The number of hydrogen-bond acceptors (Lipinski definition) is 3. The largest absolute Gasteiger partial charge is 0.409 e. The molecule has 0 saturated heterocycles. The highest BCUT2D eigenvalue weighted by atomic mass is 79.9. The van der Waals surface area contributed by atoms with Crippen molar-refractivity contribution in [2.24, 2.45) is 10.9 Å². The molecule has 0 aliphatic rings. The van der Waals surface area contributed by atoms with E-state index < -0.39 is 0 Å². The zero-order valence-corrected chi connectivity index (χ0v) is 11.0. The van der Waals surface area contributed by atoms with Gasteiger partial charge in [-0.3, -0.25) is 0 Å². The molecular weight excluding hydrogens is 270 g/mol. The second-order valence-electron chi connectivity index (χ2n) is 3.80. The molecule has 0 amide bonds. The fraction of sp³-hybridized carbons (Fsp3) is 0.364. The second-order valence-corrected chi connectivity index (χ2v) is 4.72. The van der Waals surface area contributed by atoms with Crippen molar-refractivity contribution in [3.8, 4) is 0 Å². The zero-order valence-electron chi connectivity index (χ0n) is 9.37. The van der Waals surface area contributed by atoms with Crippen LogP contribution in [0.1, 0.15) is 18.9 Å². The van der Waals surface area contributed by atoms with E-state index in [4.69, 9.17) is 10.9 Å². The first-order chi connectivity index (χ1) is 7.52. The number of anilines is 1. The van der Waals surface area contributed by atoms with Crippen molar-refractivity contribution < 1.29 is 5.21 Å². The van der Waals surface area contributed by atoms with E-state index in [1.165, 1.54) is 0 Å². The number of nitrogens with zero attached hydrogens (tertiary/aromatic N) is 1. The van der Waals surface area contributed by atoms with Gasteiger partial charge in [-0.25, -0.2) is 0 Å². The number of rotatable bonds is 4. The van der Waals surface area contributed by atoms with E-state index in [2.05, 4.69) is 26.4 Å². The van der Waals surface area contributed by atoms with Crippen molar-refractivity contribution >= 4 is 27.5 Å². The van der Waals surface area contributed by atoms with E-state index in [0.717, 1.165) is 15.7 Å². The Morgan fingerprint density at radius 2 is 2.31 bits per heavy atom. The van der Waals surface area contributed by atoms with Gasteiger partial charge in [-0.2, -0.15) is 0 Å². The number of amidine groups is 1. The van der Waals surface area contributed by atoms with Crippen molar-refractivity contribution in [2.45, 2.75) is 26.3 Å². The number of oxime groups is 1. The molecule has 0 heterocycles. The maximum atomic E-state index is 8.47. The Balaban J connectivity index is 2.66. The van der Waals surface area contributed by atoms with Gasteiger partial charge >= 0.3 is 0 Å². The highest BCUT2D eigenvalue weighted by Gasteiger charge is 2.06. The smallest absolute Gasteiger partial charge is 0.141 e. The first-order valence-corrected chi connectivity index (χ1v) is 5.81. The maximum Gasteiger partial charge on any atom is 0.141 e. The molecule has 88 valence electrons. The van der Waals surface area contributed by atoms with E-state index in [-0.39, 0.29) is 11.9 Å². The summed E-state index contributed by atoms with van der Waals surface area (Å²) in [6.45, 7) is 4.02. The molecule has 0 spiro atoms. The molecule has 1 aromatic carbocycles. The fourth-order valence-electron chi connectivity index (χ4n) is 1.46. The van der Waals surface area contributed by atoms with E-state index in [0.29, 0.717) is 6.42 Å². The quantitative estimate of drug-likeness (QED) is 0.345. The summed E-state index contributed by atoms with van der Waals surface area (Å²) in [5.74, 6) is 0.231. The van der Waals surface area contributed by atoms with Gasteiger partial charge in [-0.15, -0.1) is 0 Å². The number of nitrogens with two attached hydrogens (primary N) is 1. The van der Waals surface area contributed by atoms with Gasteiger partial charge < -0.3 is 16.3 Å². The predicted molar refractivity (Wildman–Crippen MR) is 70.0 cm³/mol. The summed E-state index contributed by atoms with van der Waals surface area (Å²) in [5, 5.41) is 14.7. The SMILES string of the molecule is Cc1cc(Br)ccc1NC(C)CC(N)=NO. The summed E-state index contributed by atoms with van der Waals surface area (Å²) >= 11 is 3.41. The lowest BCUT2D eigenvalue weighted by molar-refractivity contribution is 0.316. The molecule has 1 unspecified atom stereocenters. The monoisotopic (exact) mass is 285 g/mol. The van der Waals surface area contributed by atoms with Crippen LogP contribution >= 0.6 is 15.9 Å². The Hall–Kier alpha value is -1.23. The average Bonchev–Trinajstić information content (AvgIpc) is 2.22. The summed E-state index contributed by atoms with van der Waals surface area (Å²) in [6, 6.07) is 6.14. The summed E-state index contributed by atoms with van der Waals surface area (Å²) < 4.78 is 1.06. The minimum Gasteiger partial charge on any atom is -0.409 e. The normalized spacial score (nSPS) is 13.6. The number of hydrogen-bond donors (Lipinski definition) is 3. The average molecular weight is 286 g/mol. The maximum absolute atomic E-state index is 8.47. The van der Waals surface area contributed by atoms with Gasteiger partial charge in [0.2, 0.25) is 0 Å². The minimum absolute atomic E-state index is 0.121. The molecule has 4 nitrogen and oxygen atoms in total. The van der Waals surface area contributed by atoms with Gasteiger partial charge in [0.05, 0.1) is 0 Å². The van der Waals surface area contributed by atoms with E-state index in [9.17, 15) is 0 Å². The number of benzene rings is 1. The highest BCUT2D eigenvalue weighted by Crippen LogP contribution is 2.21. The van der Waals surface area contributed by atoms with Crippen LogP contribution in [0.2, 0.25) is 0 Å². The molecule has 5 heteroatoms. The molecule has 1 atom stereocenters. The van der Waals surface area contributed by atoms with Crippen LogP contribution in [0.15, 0.2) is 27.8 Å². The molecule has 0 bridgehead atoms. The van der Waals surface area contributed by atoms with Crippen molar-refractivity contribution in [3.63, 3.8) is 0 Å². The minimum atomic E-state index is 0.121. The summed E-state index contributed by atoms with van der Waals surface area (Å²) in [4.78, 5) is 0. The van der Waals surface area contributed by atoms with E-state index in [1.54, 1.807) is 0 Å². The van der Waals surface area contributed by atoms with E-state index in [1.807, 2.05) is 32.0 Å². The highest BCUT2D eigenvalue weighted by molar-refractivity contribution is 9.10. The molecule has 0 aliphatic heterocycles. The van der Waals surface area contributed by atoms with Crippen LogP contribution in [-0.4, -0.2) is 17.1 Å². The van der Waals surface area contributed by atoms with Crippen molar-refractivity contribution in [1.82, 2.24) is 0 Å². The Morgan fingerprint density at radius 3 is 2.88 bits per heavy atom. The molecule has 0 aromatic heterocycles. The van der Waals surface area contributed by atoms with Crippen molar-refractivity contribution in [2.75, 3.05) is 5.32 Å². The number of nitrogens with one attached hydrogen (secondary N) is 1. The van der Waals surface area contributed by atoms with Gasteiger partial charge in [-0.1, -0.05) is 21.1 Å². The fourth-order valence-corrected chi connectivity index (χ4v) is 1.94. The van der Waals surface area contributed by atoms with Crippen LogP contribution in [0, 0.1) is 6.92 Å². The Kier molecular flexibility index (Phi) is 4.61. The van der Waals surface area contributed by atoms with Crippen LogP contribution in [0.5, 0.6) is 0 Å². The second kappa shape index (κ2) is 5.75. The van der Waals surface area contributed by atoms with Gasteiger partial charge in [0.15, 0.2) is 0 Å². The molecule has 16 heavy (non-hydrogen) atoms.